The van der Waals surface area contributed by atoms with E-state index in [1.807, 2.05) is 36.1 Å². The van der Waals surface area contributed by atoms with E-state index in [9.17, 15) is 4.79 Å². The third-order valence-corrected chi connectivity index (χ3v) is 4.46. The van der Waals surface area contributed by atoms with E-state index in [2.05, 4.69) is 22.1 Å². The molecule has 1 aliphatic heterocycles. The standard InChI is InChI=1S/C16H18N2OS/c1-12-3-2-4-15(9-12)17-16(19)18-7-5-13(10-18)14-6-8-20-11-14/h2-4,6,8-9,11,13H,5,7,10H2,1H3,(H,17,19). The van der Waals surface area contributed by atoms with Crippen molar-refractivity contribution in [2.45, 2.75) is 19.3 Å². The summed E-state index contributed by atoms with van der Waals surface area (Å²) < 4.78 is 0. The molecule has 2 aromatic rings. The summed E-state index contributed by atoms with van der Waals surface area (Å²) in [6, 6.07) is 10.1. The maximum absolute atomic E-state index is 12.3. The largest absolute Gasteiger partial charge is 0.324 e. The lowest BCUT2D eigenvalue weighted by Gasteiger charge is -2.17. The van der Waals surface area contributed by atoms with Gasteiger partial charge in [-0.1, -0.05) is 12.1 Å². The average Bonchev–Trinajstić information content (AvgIpc) is 3.10. The highest BCUT2D eigenvalue weighted by Gasteiger charge is 2.27. The van der Waals surface area contributed by atoms with Crippen LogP contribution in [0.15, 0.2) is 41.1 Å². The lowest BCUT2D eigenvalue weighted by atomic mass is 10.0. The molecule has 4 heteroatoms. The minimum absolute atomic E-state index is 0.00771. The first-order chi connectivity index (χ1) is 9.72. The maximum Gasteiger partial charge on any atom is 0.321 e. The van der Waals surface area contributed by atoms with Crippen LogP contribution in [0.5, 0.6) is 0 Å². The molecule has 104 valence electrons. The molecule has 2 heterocycles. The number of benzene rings is 1. The molecule has 1 unspecified atom stereocenters. The molecular formula is C16H18N2OS. The van der Waals surface area contributed by atoms with Gasteiger partial charge in [-0.15, -0.1) is 0 Å². The minimum Gasteiger partial charge on any atom is -0.324 e. The van der Waals surface area contributed by atoms with Crippen molar-refractivity contribution in [1.82, 2.24) is 4.90 Å². The summed E-state index contributed by atoms with van der Waals surface area (Å²) in [5.74, 6) is 0.490. The quantitative estimate of drug-likeness (QED) is 0.886. The van der Waals surface area contributed by atoms with Crippen molar-refractivity contribution in [3.05, 3.63) is 52.2 Å². The molecule has 20 heavy (non-hydrogen) atoms. The van der Waals surface area contributed by atoms with E-state index >= 15 is 0 Å². The predicted octanol–water partition coefficient (Wildman–Crippen LogP) is 4.08. The monoisotopic (exact) mass is 286 g/mol. The number of aryl methyl sites for hydroxylation is 1. The van der Waals surface area contributed by atoms with E-state index in [-0.39, 0.29) is 6.03 Å². The molecule has 1 fully saturated rings. The van der Waals surface area contributed by atoms with Gasteiger partial charge in [0.25, 0.3) is 0 Å². The molecule has 1 atom stereocenters. The molecule has 1 saturated heterocycles. The van der Waals surface area contributed by atoms with Gasteiger partial charge >= 0.3 is 6.03 Å². The molecule has 3 nitrogen and oxygen atoms in total. The van der Waals surface area contributed by atoms with Crippen molar-refractivity contribution >= 4 is 23.1 Å². The number of nitrogens with one attached hydrogen (secondary N) is 1. The lowest BCUT2D eigenvalue weighted by molar-refractivity contribution is 0.222. The predicted molar refractivity (Wildman–Crippen MR) is 83.4 cm³/mol. The van der Waals surface area contributed by atoms with Crippen LogP contribution in [0.4, 0.5) is 10.5 Å². The van der Waals surface area contributed by atoms with Crippen LogP contribution in [0, 0.1) is 6.92 Å². The molecule has 3 rings (SSSR count). The first-order valence-electron chi connectivity index (χ1n) is 6.87. The smallest absolute Gasteiger partial charge is 0.321 e. The van der Waals surface area contributed by atoms with Gasteiger partial charge in [0.2, 0.25) is 0 Å². The van der Waals surface area contributed by atoms with Gasteiger partial charge in [-0.05, 0) is 53.4 Å². The van der Waals surface area contributed by atoms with Crippen LogP contribution < -0.4 is 5.32 Å². The number of hydrogen-bond donors (Lipinski definition) is 1. The summed E-state index contributed by atoms with van der Waals surface area (Å²) in [7, 11) is 0. The number of rotatable bonds is 2. The van der Waals surface area contributed by atoms with Gasteiger partial charge in [-0.3, -0.25) is 0 Å². The molecule has 1 aliphatic rings. The van der Waals surface area contributed by atoms with Crippen molar-refractivity contribution in [3.63, 3.8) is 0 Å². The summed E-state index contributed by atoms with van der Waals surface area (Å²) in [5, 5.41) is 7.27. The fourth-order valence-electron chi connectivity index (χ4n) is 2.65. The zero-order valence-corrected chi connectivity index (χ0v) is 12.3. The fourth-order valence-corrected chi connectivity index (χ4v) is 3.39. The summed E-state index contributed by atoms with van der Waals surface area (Å²) in [4.78, 5) is 14.2. The van der Waals surface area contributed by atoms with E-state index < -0.39 is 0 Å². The van der Waals surface area contributed by atoms with Crippen molar-refractivity contribution in [2.24, 2.45) is 0 Å². The van der Waals surface area contributed by atoms with Gasteiger partial charge in [-0.2, -0.15) is 11.3 Å². The average molecular weight is 286 g/mol. The summed E-state index contributed by atoms with van der Waals surface area (Å²) >= 11 is 1.72. The van der Waals surface area contributed by atoms with Crippen LogP contribution in [0.2, 0.25) is 0 Å². The second-order valence-electron chi connectivity index (χ2n) is 5.29. The Morgan fingerprint density at radius 3 is 3.05 bits per heavy atom. The highest BCUT2D eigenvalue weighted by molar-refractivity contribution is 7.07. The van der Waals surface area contributed by atoms with E-state index in [0.717, 1.165) is 30.8 Å². The first-order valence-corrected chi connectivity index (χ1v) is 7.81. The number of carbonyl (C=O) groups is 1. The summed E-state index contributed by atoms with van der Waals surface area (Å²) in [6.07, 6.45) is 1.05. The molecule has 0 saturated carbocycles. The van der Waals surface area contributed by atoms with E-state index in [0.29, 0.717) is 5.92 Å². The van der Waals surface area contributed by atoms with Crippen molar-refractivity contribution in [1.29, 1.82) is 0 Å². The minimum atomic E-state index is 0.00771. The van der Waals surface area contributed by atoms with Gasteiger partial charge in [0, 0.05) is 24.7 Å². The van der Waals surface area contributed by atoms with Crippen LogP contribution in [0.3, 0.4) is 0 Å². The summed E-state index contributed by atoms with van der Waals surface area (Å²) in [6.45, 7) is 3.67. The zero-order valence-electron chi connectivity index (χ0n) is 11.5. The molecule has 1 N–H and O–H groups in total. The Hall–Kier alpha value is -1.81. The topological polar surface area (TPSA) is 32.3 Å². The van der Waals surface area contributed by atoms with Crippen LogP contribution in [0.1, 0.15) is 23.5 Å². The van der Waals surface area contributed by atoms with Crippen LogP contribution in [0.25, 0.3) is 0 Å². The number of amides is 2. The molecule has 1 aromatic carbocycles. The molecule has 0 radical (unpaired) electrons. The van der Waals surface area contributed by atoms with Gasteiger partial charge < -0.3 is 10.2 Å². The van der Waals surface area contributed by atoms with E-state index in [1.54, 1.807) is 11.3 Å². The Bertz CT molecular complexity index is 594. The van der Waals surface area contributed by atoms with Crippen LogP contribution >= 0.6 is 11.3 Å². The Labute approximate surface area is 123 Å². The molecule has 0 bridgehead atoms. The second kappa shape index (κ2) is 5.67. The number of likely N-dealkylation sites (tertiary alicyclic amines) is 1. The van der Waals surface area contributed by atoms with Gasteiger partial charge in [0.1, 0.15) is 0 Å². The lowest BCUT2D eigenvalue weighted by Crippen LogP contribution is -2.32. The number of thiophene rings is 1. The molecule has 0 aliphatic carbocycles. The highest BCUT2D eigenvalue weighted by Crippen LogP contribution is 2.28. The fraction of sp³-hybridized carbons (Fsp3) is 0.312. The van der Waals surface area contributed by atoms with E-state index in [4.69, 9.17) is 0 Å². The van der Waals surface area contributed by atoms with Gasteiger partial charge in [0.05, 0.1) is 0 Å². The van der Waals surface area contributed by atoms with E-state index in [1.165, 1.54) is 5.56 Å². The summed E-state index contributed by atoms with van der Waals surface area (Å²) in [5.41, 5.74) is 3.38. The third kappa shape index (κ3) is 2.85. The zero-order chi connectivity index (χ0) is 13.9. The van der Waals surface area contributed by atoms with Gasteiger partial charge in [-0.25, -0.2) is 4.79 Å². The Kier molecular flexibility index (Phi) is 3.74. The number of hydrogen-bond acceptors (Lipinski definition) is 2. The third-order valence-electron chi connectivity index (χ3n) is 3.76. The number of nitrogens with zero attached hydrogens (tertiary/aromatic N) is 1. The maximum atomic E-state index is 12.3. The van der Waals surface area contributed by atoms with Crippen molar-refractivity contribution in [3.8, 4) is 0 Å². The first kappa shape index (κ1) is 13.2. The molecule has 1 aromatic heterocycles. The van der Waals surface area contributed by atoms with Crippen molar-refractivity contribution in [2.75, 3.05) is 18.4 Å². The van der Waals surface area contributed by atoms with Crippen LogP contribution in [-0.4, -0.2) is 24.0 Å². The Morgan fingerprint density at radius 1 is 1.40 bits per heavy atom. The number of urea groups is 1. The highest BCUT2D eigenvalue weighted by atomic mass is 32.1. The van der Waals surface area contributed by atoms with Crippen LogP contribution in [-0.2, 0) is 0 Å². The Balaban J connectivity index is 1.61. The molecule has 2 amide bonds. The normalized spacial score (nSPS) is 18.2. The SMILES string of the molecule is Cc1cccc(NC(=O)N2CCC(c3ccsc3)C2)c1. The second-order valence-corrected chi connectivity index (χ2v) is 6.07. The molecular weight excluding hydrogens is 268 g/mol. The molecule has 0 spiro atoms. The number of anilines is 1. The van der Waals surface area contributed by atoms with Crippen molar-refractivity contribution < 1.29 is 4.79 Å². The van der Waals surface area contributed by atoms with Gasteiger partial charge in [0.15, 0.2) is 0 Å². The number of carbonyl (C=O) groups excluding carboxylic acids is 1. The Morgan fingerprint density at radius 2 is 2.30 bits per heavy atom.